The number of morpholine rings is 1. The SMILES string of the molecule is CCNC(=NCc1cccc(CN(C)C)c1)N1CCOC(c2cnn(C)c2)C1.I. The van der Waals surface area contributed by atoms with Gasteiger partial charge in [0, 0.05) is 38.4 Å². The molecule has 1 aliphatic rings. The first-order valence-electron chi connectivity index (χ1n) is 9.91. The van der Waals surface area contributed by atoms with Crippen molar-refractivity contribution in [3.8, 4) is 0 Å². The van der Waals surface area contributed by atoms with Crippen LogP contribution in [0.3, 0.4) is 0 Å². The highest BCUT2D eigenvalue weighted by atomic mass is 127. The maximum absolute atomic E-state index is 5.97. The molecule has 1 aliphatic heterocycles. The zero-order valence-electron chi connectivity index (χ0n) is 17.8. The number of nitrogens with one attached hydrogen (secondary N) is 1. The van der Waals surface area contributed by atoms with Gasteiger partial charge < -0.3 is 19.9 Å². The van der Waals surface area contributed by atoms with Crippen molar-refractivity contribution < 1.29 is 4.74 Å². The normalized spacial score (nSPS) is 17.3. The van der Waals surface area contributed by atoms with Crippen molar-refractivity contribution in [2.75, 3.05) is 40.3 Å². The number of ether oxygens (including phenoxy) is 1. The molecule has 1 N–H and O–H groups in total. The van der Waals surface area contributed by atoms with Gasteiger partial charge in [0.25, 0.3) is 0 Å². The van der Waals surface area contributed by atoms with E-state index in [1.807, 2.05) is 24.1 Å². The van der Waals surface area contributed by atoms with Crippen LogP contribution >= 0.6 is 24.0 Å². The fourth-order valence-electron chi connectivity index (χ4n) is 3.43. The number of halogens is 1. The predicted octanol–water partition coefficient (Wildman–Crippen LogP) is 2.64. The monoisotopic (exact) mass is 512 g/mol. The van der Waals surface area contributed by atoms with Crippen LogP contribution in [0.2, 0.25) is 0 Å². The molecule has 1 unspecified atom stereocenters. The Morgan fingerprint density at radius 1 is 1.34 bits per heavy atom. The summed E-state index contributed by atoms with van der Waals surface area (Å²) in [6, 6.07) is 8.66. The van der Waals surface area contributed by atoms with E-state index in [0.29, 0.717) is 13.2 Å². The molecule has 7 nitrogen and oxygen atoms in total. The zero-order chi connectivity index (χ0) is 19.9. The van der Waals surface area contributed by atoms with E-state index in [0.717, 1.165) is 37.7 Å². The first-order chi connectivity index (χ1) is 13.5. The van der Waals surface area contributed by atoms with Gasteiger partial charge in [-0.05, 0) is 32.1 Å². The van der Waals surface area contributed by atoms with Crippen molar-refractivity contribution in [1.82, 2.24) is 24.9 Å². The van der Waals surface area contributed by atoms with Gasteiger partial charge in [0.15, 0.2) is 5.96 Å². The van der Waals surface area contributed by atoms with Crippen molar-refractivity contribution >= 4 is 29.9 Å². The summed E-state index contributed by atoms with van der Waals surface area (Å²) in [5, 5.41) is 7.71. The van der Waals surface area contributed by atoms with E-state index in [1.165, 1.54) is 11.1 Å². The number of nitrogens with zero attached hydrogens (tertiary/aromatic N) is 5. The van der Waals surface area contributed by atoms with Gasteiger partial charge >= 0.3 is 0 Å². The van der Waals surface area contributed by atoms with Crippen molar-refractivity contribution in [1.29, 1.82) is 0 Å². The second kappa shape index (κ2) is 11.5. The molecule has 1 atom stereocenters. The second-order valence-electron chi connectivity index (χ2n) is 7.48. The number of aryl methyl sites for hydroxylation is 1. The Morgan fingerprint density at radius 3 is 2.83 bits per heavy atom. The molecule has 1 saturated heterocycles. The number of aromatic nitrogens is 2. The summed E-state index contributed by atoms with van der Waals surface area (Å²) in [7, 11) is 6.11. The molecule has 1 aromatic carbocycles. The number of hydrogen-bond acceptors (Lipinski definition) is 4. The highest BCUT2D eigenvalue weighted by Gasteiger charge is 2.25. The minimum atomic E-state index is 0. The average molecular weight is 512 g/mol. The van der Waals surface area contributed by atoms with Gasteiger partial charge in [0.1, 0.15) is 6.10 Å². The van der Waals surface area contributed by atoms with Crippen molar-refractivity contribution in [3.05, 3.63) is 53.3 Å². The van der Waals surface area contributed by atoms with Gasteiger partial charge in [0.05, 0.1) is 25.9 Å². The molecular weight excluding hydrogens is 479 g/mol. The summed E-state index contributed by atoms with van der Waals surface area (Å²) in [5.41, 5.74) is 3.65. The maximum atomic E-state index is 5.97. The van der Waals surface area contributed by atoms with Gasteiger partial charge in [-0.15, -0.1) is 24.0 Å². The van der Waals surface area contributed by atoms with Crippen LogP contribution < -0.4 is 5.32 Å². The molecule has 2 aromatic rings. The third-order valence-corrected chi connectivity index (χ3v) is 4.70. The molecule has 8 heteroatoms. The molecule has 160 valence electrons. The molecule has 3 rings (SSSR count). The first-order valence-corrected chi connectivity index (χ1v) is 9.91. The molecule has 0 saturated carbocycles. The van der Waals surface area contributed by atoms with E-state index < -0.39 is 0 Å². The zero-order valence-corrected chi connectivity index (χ0v) is 20.2. The van der Waals surface area contributed by atoms with Gasteiger partial charge in [-0.1, -0.05) is 24.3 Å². The van der Waals surface area contributed by atoms with Crippen LogP contribution in [0.5, 0.6) is 0 Å². The Bertz CT molecular complexity index is 791. The Hall–Kier alpha value is -1.65. The van der Waals surface area contributed by atoms with Crippen molar-refractivity contribution in [2.45, 2.75) is 26.1 Å². The standard InChI is InChI=1S/C21H32N6O.HI/c1-5-22-21(23-12-17-7-6-8-18(11-17)14-25(2)3)27-9-10-28-20(16-27)19-13-24-26(4)15-19;/h6-8,11,13,15,20H,5,9-10,12,14,16H2,1-4H3,(H,22,23);1H. The fourth-order valence-corrected chi connectivity index (χ4v) is 3.43. The third-order valence-electron chi connectivity index (χ3n) is 4.70. The molecule has 29 heavy (non-hydrogen) atoms. The van der Waals surface area contributed by atoms with Crippen molar-refractivity contribution in [3.63, 3.8) is 0 Å². The molecule has 1 aromatic heterocycles. The quantitative estimate of drug-likeness (QED) is 0.367. The summed E-state index contributed by atoms with van der Waals surface area (Å²) in [4.78, 5) is 9.37. The van der Waals surface area contributed by atoms with Gasteiger partial charge in [-0.25, -0.2) is 4.99 Å². The molecule has 0 amide bonds. The van der Waals surface area contributed by atoms with E-state index in [9.17, 15) is 0 Å². The molecule has 0 aliphatic carbocycles. The van der Waals surface area contributed by atoms with Crippen LogP contribution in [-0.2, 0) is 24.9 Å². The van der Waals surface area contributed by atoms with E-state index in [-0.39, 0.29) is 30.1 Å². The van der Waals surface area contributed by atoms with E-state index >= 15 is 0 Å². The lowest BCUT2D eigenvalue weighted by atomic mass is 10.1. The fraction of sp³-hybridized carbons (Fsp3) is 0.524. The van der Waals surface area contributed by atoms with Crippen LogP contribution in [0, 0.1) is 0 Å². The summed E-state index contributed by atoms with van der Waals surface area (Å²) in [5.74, 6) is 0.942. The summed E-state index contributed by atoms with van der Waals surface area (Å²) in [6.45, 7) is 6.84. The average Bonchev–Trinajstić information content (AvgIpc) is 3.11. The lowest BCUT2D eigenvalue weighted by molar-refractivity contribution is -0.00805. The topological polar surface area (TPSA) is 57.9 Å². The first kappa shape index (κ1) is 23.6. The molecule has 0 bridgehead atoms. The van der Waals surface area contributed by atoms with Gasteiger partial charge in [0.2, 0.25) is 0 Å². The lowest BCUT2D eigenvalue weighted by Crippen LogP contribution is -2.48. The Kier molecular flexibility index (Phi) is 9.38. The van der Waals surface area contributed by atoms with E-state index in [2.05, 4.69) is 65.5 Å². The smallest absolute Gasteiger partial charge is 0.194 e. The number of rotatable bonds is 6. The van der Waals surface area contributed by atoms with Gasteiger partial charge in [-0.2, -0.15) is 5.10 Å². The largest absolute Gasteiger partial charge is 0.370 e. The van der Waals surface area contributed by atoms with Gasteiger partial charge in [-0.3, -0.25) is 4.68 Å². The number of aliphatic imine (C=N–C) groups is 1. The van der Waals surface area contributed by atoms with Crippen LogP contribution in [-0.4, -0.2) is 65.9 Å². The van der Waals surface area contributed by atoms with Crippen LogP contribution in [0.4, 0.5) is 0 Å². The highest BCUT2D eigenvalue weighted by molar-refractivity contribution is 14.0. The van der Waals surface area contributed by atoms with Crippen LogP contribution in [0.25, 0.3) is 0 Å². The van der Waals surface area contributed by atoms with Crippen molar-refractivity contribution in [2.24, 2.45) is 12.0 Å². The van der Waals surface area contributed by atoms with Crippen LogP contribution in [0.15, 0.2) is 41.7 Å². The minimum Gasteiger partial charge on any atom is -0.370 e. The number of hydrogen-bond donors (Lipinski definition) is 1. The summed E-state index contributed by atoms with van der Waals surface area (Å²) < 4.78 is 7.79. The predicted molar refractivity (Wildman–Crippen MR) is 128 cm³/mol. The molecule has 0 radical (unpaired) electrons. The van der Waals surface area contributed by atoms with E-state index in [1.54, 1.807) is 0 Å². The third kappa shape index (κ3) is 6.97. The Labute approximate surface area is 191 Å². The second-order valence-corrected chi connectivity index (χ2v) is 7.48. The summed E-state index contributed by atoms with van der Waals surface area (Å²) >= 11 is 0. The number of benzene rings is 1. The van der Waals surface area contributed by atoms with Crippen LogP contribution in [0.1, 0.15) is 29.7 Å². The molecule has 2 heterocycles. The highest BCUT2D eigenvalue weighted by Crippen LogP contribution is 2.21. The Balaban J connectivity index is 0.00000300. The maximum Gasteiger partial charge on any atom is 0.194 e. The minimum absolute atomic E-state index is 0. The number of guanidine groups is 1. The van der Waals surface area contributed by atoms with E-state index in [4.69, 9.17) is 9.73 Å². The molecular formula is C21H33IN6O. The molecule has 0 spiro atoms. The lowest BCUT2D eigenvalue weighted by Gasteiger charge is -2.34. The Morgan fingerprint density at radius 2 is 2.14 bits per heavy atom. The molecule has 1 fully saturated rings. The summed E-state index contributed by atoms with van der Waals surface area (Å²) in [6.07, 6.45) is 3.93.